The Hall–Kier alpha value is -3.87. The van der Waals surface area contributed by atoms with Crippen LogP contribution in [-0.2, 0) is 9.53 Å². The van der Waals surface area contributed by atoms with Gasteiger partial charge in [0.05, 0.1) is 0 Å². The number of para-hydroxylation sites is 1. The van der Waals surface area contributed by atoms with E-state index in [1.165, 1.54) is 0 Å². The van der Waals surface area contributed by atoms with E-state index < -0.39 is 11.9 Å². The number of hydrogen-bond donors (Lipinski definition) is 1. The maximum Gasteiger partial charge on any atom is 0.325 e. The van der Waals surface area contributed by atoms with Crippen molar-refractivity contribution in [2.24, 2.45) is 0 Å². The molecule has 0 radical (unpaired) electrons. The van der Waals surface area contributed by atoms with Crippen LogP contribution in [0.3, 0.4) is 0 Å². The average Bonchev–Trinajstić information content (AvgIpc) is 3.61. The molecular formula is C26H26N2O5. The van der Waals surface area contributed by atoms with Crippen molar-refractivity contribution in [2.75, 3.05) is 13.2 Å². The molecule has 0 saturated heterocycles. The second kappa shape index (κ2) is 9.73. The Bertz CT molecular complexity index is 1160. The number of esters is 1. The minimum absolute atomic E-state index is 0.247. The van der Waals surface area contributed by atoms with Crippen LogP contribution in [0.5, 0.6) is 11.5 Å². The summed E-state index contributed by atoms with van der Waals surface area (Å²) in [7, 11) is 0. The first-order valence-corrected chi connectivity index (χ1v) is 10.9. The van der Waals surface area contributed by atoms with Crippen LogP contribution in [-0.4, -0.2) is 35.4 Å². The second-order valence-corrected chi connectivity index (χ2v) is 8.09. The molecule has 1 heterocycles. The number of carbonyl (C=O) groups excluding carboxylic acids is 3. The van der Waals surface area contributed by atoms with E-state index in [2.05, 4.69) is 9.88 Å². The molecule has 170 valence electrons. The van der Waals surface area contributed by atoms with E-state index in [9.17, 15) is 14.4 Å². The zero-order valence-corrected chi connectivity index (χ0v) is 18.7. The summed E-state index contributed by atoms with van der Waals surface area (Å²) in [6.45, 7) is 3.21. The third-order valence-corrected chi connectivity index (χ3v) is 5.55. The monoisotopic (exact) mass is 446 g/mol. The molecule has 1 aliphatic carbocycles. The maximum atomic E-state index is 12.5. The Kier molecular flexibility index (Phi) is 6.58. The van der Waals surface area contributed by atoms with E-state index in [4.69, 9.17) is 9.47 Å². The predicted octanol–water partition coefficient (Wildman–Crippen LogP) is 4.39. The summed E-state index contributed by atoms with van der Waals surface area (Å²) in [6.07, 6.45) is 2.25. The lowest BCUT2D eigenvalue weighted by Crippen LogP contribution is -2.31. The van der Waals surface area contributed by atoms with Crippen molar-refractivity contribution >= 4 is 17.7 Å². The topological polar surface area (TPSA) is 86.6 Å². The molecule has 2 aromatic carbocycles. The first kappa shape index (κ1) is 22.3. The minimum atomic E-state index is -0.670. The summed E-state index contributed by atoms with van der Waals surface area (Å²) in [4.78, 5) is 36.8. The molecule has 1 N–H and O–H groups in total. The quantitative estimate of drug-likeness (QED) is 0.389. The molecule has 7 heteroatoms. The lowest BCUT2D eigenvalue weighted by Gasteiger charge is -2.09. The molecular weight excluding hydrogens is 420 g/mol. The summed E-state index contributed by atoms with van der Waals surface area (Å²) in [5, 5.41) is 2.51. The SMILES string of the molecule is Cc1cc(C(=O)COC(=O)CNC(=O)c2ccc(Oc3ccccc3)cc2)c(C)n1C1CC1. The Morgan fingerprint density at radius 1 is 0.970 bits per heavy atom. The average molecular weight is 447 g/mol. The number of Topliss-reactive ketones (excluding diaryl/α,β-unsaturated/α-hetero) is 1. The summed E-state index contributed by atoms with van der Waals surface area (Å²) in [5.41, 5.74) is 2.90. The molecule has 3 aromatic rings. The summed E-state index contributed by atoms with van der Waals surface area (Å²) < 4.78 is 12.9. The van der Waals surface area contributed by atoms with Gasteiger partial charge >= 0.3 is 5.97 Å². The smallest absolute Gasteiger partial charge is 0.325 e. The number of aryl methyl sites for hydroxylation is 1. The van der Waals surface area contributed by atoms with Gasteiger partial charge in [-0.1, -0.05) is 18.2 Å². The van der Waals surface area contributed by atoms with Crippen molar-refractivity contribution in [3.8, 4) is 11.5 Å². The molecule has 1 amide bonds. The Labute approximate surface area is 192 Å². The normalized spacial score (nSPS) is 12.8. The predicted molar refractivity (Wildman–Crippen MR) is 123 cm³/mol. The molecule has 4 rings (SSSR count). The molecule has 0 unspecified atom stereocenters. The van der Waals surface area contributed by atoms with Gasteiger partial charge in [0, 0.05) is 28.6 Å². The number of ether oxygens (including phenoxy) is 2. The molecule has 0 atom stereocenters. The van der Waals surface area contributed by atoms with Crippen LogP contribution >= 0.6 is 0 Å². The first-order valence-electron chi connectivity index (χ1n) is 10.9. The highest BCUT2D eigenvalue weighted by Crippen LogP contribution is 2.38. The molecule has 33 heavy (non-hydrogen) atoms. The summed E-state index contributed by atoms with van der Waals surface area (Å²) >= 11 is 0. The molecule has 7 nitrogen and oxygen atoms in total. The van der Waals surface area contributed by atoms with Gasteiger partial charge in [-0.2, -0.15) is 0 Å². The van der Waals surface area contributed by atoms with Gasteiger partial charge in [0.1, 0.15) is 18.0 Å². The third kappa shape index (κ3) is 5.49. The molecule has 0 bridgehead atoms. The Morgan fingerprint density at radius 3 is 2.30 bits per heavy atom. The van der Waals surface area contributed by atoms with Crippen molar-refractivity contribution in [3.63, 3.8) is 0 Å². The van der Waals surface area contributed by atoms with Gasteiger partial charge in [0.25, 0.3) is 5.91 Å². The first-order chi connectivity index (χ1) is 15.9. The molecule has 1 aliphatic rings. The van der Waals surface area contributed by atoms with Crippen molar-refractivity contribution in [2.45, 2.75) is 32.7 Å². The lowest BCUT2D eigenvalue weighted by atomic mass is 10.1. The lowest BCUT2D eigenvalue weighted by molar-refractivity contribution is -0.141. The molecule has 1 saturated carbocycles. The zero-order valence-electron chi connectivity index (χ0n) is 18.7. The number of hydrogen-bond acceptors (Lipinski definition) is 5. The van der Waals surface area contributed by atoms with E-state index in [0.29, 0.717) is 28.7 Å². The van der Waals surface area contributed by atoms with Crippen LogP contribution in [0.4, 0.5) is 0 Å². The van der Waals surface area contributed by atoms with E-state index in [1.54, 1.807) is 24.3 Å². The number of nitrogens with one attached hydrogen (secondary N) is 1. The van der Waals surface area contributed by atoms with Gasteiger partial charge < -0.3 is 19.4 Å². The van der Waals surface area contributed by atoms with Crippen LogP contribution in [0.15, 0.2) is 60.7 Å². The van der Waals surface area contributed by atoms with Crippen LogP contribution in [0.25, 0.3) is 0 Å². The highest BCUT2D eigenvalue weighted by atomic mass is 16.5. The fourth-order valence-corrected chi connectivity index (χ4v) is 3.78. The number of carbonyl (C=O) groups is 3. The van der Waals surface area contributed by atoms with Crippen LogP contribution in [0.2, 0.25) is 0 Å². The van der Waals surface area contributed by atoms with Gasteiger partial charge in [0.2, 0.25) is 5.78 Å². The number of rotatable bonds is 9. The van der Waals surface area contributed by atoms with Crippen LogP contribution < -0.4 is 10.1 Å². The second-order valence-electron chi connectivity index (χ2n) is 8.09. The van der Waals surface area contributed by atoms with Crippen molar-refractivity contribution in [3.05, 3.63) is 83.2 Å². The fourth-order valence-electron chi connectivity index (χ4n) is 3.78. The highest BCUT2D eigenvalue weighted by Gasteiger charge is 2.28. The number of ketones is 1. The Balaban J connectivity index is 1.24. The van der Waals surface area contributed by atoms with Gasteiger partial charge in [-0.05, 0) is 69.2 Å². The number of benzene rings is 2. The Morgan fingerprint density at radius 2 is 1.64 bits per heavy atom. The van der Waals surface area contributed by atoms with E-state index >= 15 is 0 Å². The van der Waals surface area contributed by atoms with Gasteiger partial charge in [-0.25, -0.2) is 0 Å². The third-order valence-electron chi connectivity index (χ3n) is 5.55. The van der Waals surface area contributed by atoms with Crippen molar-refractivity contribution < 1.29 is 23.9 Å². The standard InChI is InChI=1S/C26H26N2O5/c1-17-14-23(18(2)28(17)20-10-11-20)24(29)16-32-25(30)15-27-26(31)19-8-12-22(13-9-19)33-21-6-4-3-5-7-21/h3-9,12-14,20H,10-11,15-16H2,1-2H3,(H,27,31). The number of nitrogens with zero attached hydrogens (tertiary/aromatic N) is 1. The summed E-state index contributed by atoms with van der Waals surface area (Å²) in [5.74, 6) is -0.0453. The maximum absolute atomic E-state index is 12.5. The van der Waals surface area contributed by atoms with E-state index in [-0.39, 0.29) is 18.9 Å². The van der Waals surface area contributed by atoms with Gasteiger partial charge in [-0.3, -0.25) is 14.4 Å². The largest absolute Gasteiger partial charge is 0.457 e. The van der Waals surface area contributed by atoms with E-state index in [0.717, 1.165) is 24.2 Å². The molecule has 0 spiro atoms. The summed E-state index contributed by atoms with van der Waals surface area (Å²) in [6, 6.07) is 18.2. The van der Waals surface area contributed by atoms with Gasteiger partial charge in [0.15, 0.2) is 6.61 Å². The van der Waals surface area contributed by atoms with Crippen LogP contribution in [0.1, 0.15) is 51.0 Å². The molecule has 1 fully saturated rings. The zero-order chi connectivity index (χ0) is 23.4. The van der Waals surface area contributed by atoms with E-state index in [1.807, 2.05) is 50.2 Å². The fraction of sp³-hybridized carbons (Fsp3) is 0.269. The number of aromatic nitrogens is 1. The number of amides is 1. The van der Waals surface area contributed by atoms with Crippen molar-refractivity contribution in [1.29, 1.82) is 0 Å². The van der Waals surface area contributed by atoms with Crippen LogP contribution in [0, 0.1) is 13.8 Å². The molecule has 0 aliphatic heterocycles. The van der Waals surface area contributed by atoms with Gasteiger partial charge in [-0.15, -0.1) is 0 Å². The molecule has 1 aromatic heterocycles. The minimum Gasteiger partial charge on any atom is -0.457 e. The highest BCUT2D eigenvalue weighted by molar-refractivity contribution is 6.00. The van der Waals surface area contributed by atoms with Crippen molar-refractivity contribution in [1.82, 2.24) is 9.88 Å².